The second-order valence-electron chi connectivity index (χ2n) is 5.74. The Bertz CT molecular complexity index is 685. The van der Waals surface area contributed by atoms with E-state index < -0.39 is 0 Å². The molecule has 0 aliphatic heterocycles. The number of aliphatic hydroxyl groups is 1. The van der Waals surface area contributed by atoms with Crippen molar-refractivity contribution in [2.24, 2.45) is 5.92 Å². The van der Waals surface area contributed by atoms with Crippen molar-refractivity contribution in [3.8, 4) is 0 Å². The van der Waals surface area contributed by atoms with E-state index >= 15 is 0 Å². The molecular weight excluding hydrogens is 312 g/mol. The van der Waals surface area contributed by atoms with E-state index in [2.05, 4.69) is 18.8 Å². The first kappa shape index (κ1) is 18.0. The van der Waals surface area contributed by atoms with Crippen molar-refractivity contribution < 1.29 is 9.84 Å². The maximum Gasteiger partial charge on any atom is 0.262 e. The van der Waals surface area contributed by atoms with Gasteiger partial charge in [0.25, 0.3) is 5.56 Å². The predicted molar refractivity (Wildman–Crippen MR) is 94.1 cm³/mol. The standard InChI is InChI=1S/C17H24N2O3S/c1-13(2)7-8-19-16(21)14-5-3-4-6-15(14)18-17(19)23-12-11-22-10-9-20/h3-6,13,20H,7-12H2,1-2H3. The highest BCUT2D eigenvalue weighted by atomic mass is 32.2. The van der Waals surface area contributed by atoms with Crippen molar-refractivity contribution in [1.82, 2.24) is 9.55 Å². The normalized spacial score (nSPS) is 11.5. The lowest BCUT2D eigenvalue weighted by Crippen LogP contribution is -2.24. The molecule has 0 saturated heterocycles. The molecule has 1 aromatic heterocycles. The van der Waals surface area contributed by atoms with Crippen LogP contribution in [-0.4, -0.2) is 40.2 Å². The number of para-hydroxylation sites is 1. The first-order valence-electron chi connectivity index (χ1n) is 7.94. The quantitative estimate of drug-likeness (QED) is 0.433. The number of nitrogens with zero attached hydrogens (tertiary/aromatic N) is 2. The maximum absolute atomic E-state index is 12.7. The zero-order valence-electron chi connectivity index (χ0n) is 13.7. The fourth-order valence-corrected chi connectivity index (χ4v) is 3.08. The Kier molecular flexibility index (Phi) is 7.08. The number of benzene rings is 1. The van der Waals surface area contributed by atoms with Gasteiger partial charge in [0, 0.05) is 12.3 Å². The van der Waals surface area contributed by atoms with E-state index in [-0.39, 0.29) is 12.2 Å². The molecule has 0 saturated carbocycles. The molecule has 0 spiro atoms. The molecule has 126 valence electrons. The third kappa shape index (κ3) is 5.06. The summed E-state index contributed by atoms with van der Waals surface area (Å²) in [5.74, 6) is 1.23. The number of aromatic nitrogens is 2. The Morgan fingerprint density at radius 3 is 2.83 bits per heavy atom. The van der Waals surface area contributed by atoms with E-state index in [0.29, 0.717) is 36.8 Å². The van der Waals surface area contributed by atoms with E-state index in [1.807, 2.05) is 24.3 Å². The number of fused-ring (bicyclic) bond motifs is 1. The average Bonchev–Trinajstić information content (AvgIpc) is 2.54. The van der Waals surface area contributed by atoms with Crippen molar-refractivity contribution in [3.05, 3.63) is 34.6 Å². The molecule has 2 aromatic rings. The molecule has 1 aromatic carbocycles. The summed E-state index contributed by atoms with van der Waals surface area (Å²) in [6.07, 6.45) is 0.939. The van der Waals surface area contributed by atoms with Crippen LogP contribution < -0.4 is 5.56 Å². The van der Waals surface area contributed by atoms with Crippen LogP contribution in [0.2, 0.25) is 0 Å². The van der Waals surface area contributed by atoms with Gasteiger partial charge >= 0.3 is 0 Å². The SMILES string of the molecule is CC(C)CCn1c(SCCOCCO)nc2ccccc2c1=O. The van der Waals surface area contributed by atoms with Crippen LogP contribution in [-0.2, 0) is 11.3 Å². The number of hydrogen-bond acceptors (Lipinski definition) is 5. The number of hydrogen-bond donors (Lipinski definition) is 1. The highest BCUT2D eigenvalue weighted by Crippen LogP contribution is 2.18. The molecule has 6 heteroatoms. The Morgan fingerprint density at radius 1 is 1.30 bits per heavy atom. The van der Waals surface area contributed by atoms with Crippen LogP contribution in [0, 0.1) is 5.92 Å². The molecule has 0 atom stereocenters. The van der Waals surface area contributed by atoms with Gasteiger partial charge in [-0.15, -0.1) is 0 Å². The van der Waals surface area contributed by atoms with Crippen LogP contribution in [0.3, 0.4) is 0 Å². The van der Waals surface area contributed by atoms with Crippen molar-refractivity contribution in [3.63, 3.8) is 0 Å². The second kappa shape index (κ2) is 9.05. The Labute approximate surface area is 140 Å². The van der Waals surface area contributed by atoms with Gasteiger partial charge in [-0.25, -0.2) is 4.98 Å². The number of rotatable bonds is 9. The number of aliphatic hydroxyl groups excluding tert-OH is 1. The third-order valence-corrected chi connectivity index (χ3v) is 4.39. The van der Waals surface area contributed by atoms with Gasteiger partial charge in [-0.05, 0) is 24.5 Å². The van der Waals surface area contributed by atoms with Gasteiger partial charge in [-0.1, -0.05) is 37.7 Å². The van der Waals surface area contributed by atoms with Gasteiger partial charge in [-0.3, -0.25) is 9.36 Å². The third-order valence-electron chi connectivity index (χ3n) is 3.45. The lowest BCUT2D eigenvalue weighted by atomic mass is 10.1. The molecular formula is C17H24N2O3S. The molecule has 0 amide bonds. The van der Waals surface area contributed by atoms with Gasteiger partial charge in [0.15, 0.2) is 5.16 Å². The zero-order valence-corrected chi connectivity index (χ0v) is 14.5. The van der Waals surface area contributed by atoms with E-state index in [0.717, 1.165) is 17.1 Å². The molecule has 23 heavy (non-hydrogen) atoms. The highest BCUT2D eigenvalue weighted by molar-refractivity contribution is 7.99. The predicted octanol–water partition coefficient (Wildman–Crippen LogP) is 2.54. The summed E-state index contributed by atoms with van der Waals surface area (Å²) in [4.78, 5) is 17.4. The summed E-state index contributed by atoms with van der Waals surface area (Å²) >= 11 is 1.52. The van der Waals surface area contributed by atoms with Crippen LogP contribution in [0.25, 0.3) is 10.9 Å². The molecule has 0 aliphatic rings. The molecule has 0 bridgehead atoms. The molecule has 0 radical (unpaired) electrons. The van der Waals surface area contributed by atoms with Crippen LogP contribution in [0.15, 0.2) is 34.2 Å². The summed E-state index contributed by atoms with van der Waals surface area (Å²) in [5, 5.41) is 10.1. The zero-order chi connectivity index (χ0) is 16.7. The van der Waals surface area contributed by atoms with Gasteiger partial charge in [0.1, 0.15) is 0 Å². The summed E-state index contributed by atoms with van der Waals surface area (Å²) in [6, 6.07) is 7.46. The second-order valence-corrected chi connectivity index (χ2v) is 6.80. The fraction of sp³-hybridized carbons (Fsp3) is 0.529. The average molecular weight is 336 g/mol. The van der Waals surface area contributed by atoms with E-state index in [9.17, 15) is 4.79 Å². The molecule has 0 aliphatic carbocycles. The minimum atomic E-state index is 0.0232. The molecule has 2 rings (SSSR count). The minimum Gasteiger partial charge on any atom is -0.394 e. The lowest BCUT2D eigenvalue weighted by molar-refractivity contribution is 0.103. The first-order valence-corrected chi connectivity index (χ1v) is 8.93. The van der Waals surface area contributed by atoms with Crippen LogP contribution in [0.5, 0.6) is 0 Å². The summed E-state index contributed by atoms with van der Waals surface area (Å²) in [7, 11) is 0. The largest absolute Gasteiger partial charge is 0.394 e. The monoisotopic (exact) mass is 336 g/mol. The topological polar surface area (TPSA) is 64.3 Å². The maximum atomic E-state index is 12.7. The van der Waals surface area contributed by atoms with E-state index in [1.54, 1.807) is 4.57 Å². The van der Waals surface area contributed by atoms with Gasteiger partial charge in [0.2, 0.25) is 0 Å². The Morgan fingerprint density at radius 2 is 2.09 bits per heavy atom. The molecule has 1 heterocycles. The first-order chi connectivity index (χ1) is 11.1. The molecule has 1 N–H and O–H groups in total. The van der Waals surface area contributed by atoms with Gasteiger partial charge < -0.3 is 9.84 Å². The molecule has 0 fully saturated rings. The lowest BCUT2D eigenvalue weighted by Gasteiger charge is -2.14. The van der Waals surface area contributed by atoms with Crippen molar-refractivity contribution in [2.45, 2.75) is 32.0 Å². The summed E-state index contributed by atoms with van der Waals surface area (Å²) < 4.78 is 7.05. The Balaban J connectivity index is 2.24. The minimum absolute atomic E-state index is 0.0232. The number of thioether (sulfide) groups is 1. The van der Waals surface area contributed by atoms with Gasteiger partial charge in [-0.2, -0.15) is 0 Å². The van der Waals surface area contributed by atoms with Crippen molar-refractivity contribution >= 4 is 22.7 Å². The number of ether oxygens (including phenoxy) is 1. The van der Waals surface area contributed by atoms with E-state index in [4.69, 9.17) is 9.84 Å². The van der Waals surface area contributed by atoms with Crippen LogP contribution in [0.1, 0.15) is 20.3 Å². The van der Waals surface area contributed by atoms with Crippen LogP contribution in [0.4, 0.5) is 0 Å². The summed E-state index contributed by atoms with van der Waals surface area (Å²) in [6.45, 7) is 5.86. The molecule has 5 nitrogen and oxygen atoms in total. The van der Waals surface area contributed by atoms with Crippen molar-refractivity contribution in [1.29, 1.82) is 0 Å². The van der Waals surface area contributed by atoms with E-state index in [1.165, 1.54) is 11.8 Å². The molecule has 0 unspecified atom stereocenters. The smallest absolute Gasteiger partial charge is 0.262 e. The summed E-state index contributed by atoms with van der Waals surface area (Å²) in [5.41, 5.74) is 0.757. The fourth-order valence-electron chi connectivity index (χ4n) is 2.20. The van der Waals surface area contributed by atoms with Crippen LogP contribution >= 0.6 is 11.8 Å². The Hall–Kier alpha value is -1.37. The van der Waals surface area contributed by atoms with Gasteiger partial charge in [0.05, 0.1) is 30.7 Å². The highest BCUT2D eigenvalue weighted by Gasteiger charge is 2.11. The van der Waals surface area contributed by atoms with Crippen molar-refractivity contribution in [2.75, 3.05) is 25.6 Å².